The maximum Gasteiger partial charge on any atom is 0.308 e. The summed E-state index contributed by atoms with van der Waals surface area (Å²) in [6.07, 6.45) is -0.593. The number of aliphatic hydroxyl groups is 1. The van der Waals surface area contributed by atoms with Gasteiger partial charge >= 0.3 is 5.97 Å². The molecular weight excluding hydrogens is 471 g/mol. The fourth-order valence-corrected chi connectivity index (χ4v) is 4.06. The van der Waals surface area contributed by atoms with Crippen molar-refractivity contribution < 1.29 is 38.1 Å². The lowest BCUT2D eigenvalue weighted by molar-refractivity contribution is -0.184. The van der Waals surface area contributed by atoms with Gasteiger partial charge in [0.2, 0.25) is 5.72 Å². The average Bonchev–Trinajstić information content (AvgIpc) is 3.19. The number of nitrogens with one attached hydrogen (secondary N) is 1. The van der Waals surface area contributed by atoms with Crippen LogP contribution in [0.3, 0.4) is 0 Å². The first-order valence-electron chi connectivity index (χ1n) is 11.7. The predicted molar refractivity (Wildman–Crippen MR) is 127 cm³/mol. The van der Waals surface area contributed by atoms with Gasteiger partial charge in [0.25, 0.3) is 11.8 Å². The van der Waals surface area contributed by atoms with Crippen LogP contribution in [-0.4, -0.2) is 46.3 Å². The number of cyclic esters (lactones) is 1. The summed E-state index contributed by atoms with van der Waals surface area (Å²) in [5, 5.41) is 13.8. The van der Waals surface area contributed by atoms with Gasteiger partial charge in [-0.05, 0) is 44.2 Å². The van der Waals surface area contributed by atoms with Crippen LogP contribution in [0.5, 0.6) is 11.5 Å². The first-order chi connectivity index (χ1) is 17.0. The number of carbonyl (C=O) groups is 3. The summed E-state index contributed by atoms with van der Waals surface area (Å²) in [7, 11) is 1.47. The summed E-state index contributed by atoms with van der Waals surface area (Å²) in [6.45, 7) is 6.68. The van der Waals surface area contributed by atoms with E-state index in [0.717, 1.165) is 4.90 Å². The van der Waals surface area contributed by atoms with Crippen LogP contribution in [0.1, 0.15) is 62.0 Å². The highest BCUT2D eigenvalue weighted by molar-refractivity contribution is 6.02. The summed E-state index contributed by atoms with van der Waals surface area (Å²) in [4.78, 5) is 39.2. The lowest BCUT2D eigenvalue weighted by Crippen LogP contribution is -2.64. The third kappa shape index (κ3) is 5.28. The molecular formula is C26H31FN2O7. The zero-order valence-corrected chi connectivity index (χ0v) is 21.0. The summed E-state index contributed by atoms with van der Waals surface area (Å²) < 4.78 is 30.3. The maximum absolute atomic E-state index is 14.2. The van der Waals surface area contributed by atoms with Gasteiger partial charge in [-0.3, -0.25) is 19.3 Å². The molecule has 1 atom stereocenters. The van der Waals surface area contributed by atoms with E-state index in [-0.39, 0.29) is 37.1 Å². The molecule has 36 heavy (non-hydrogen) atoms. The molecule has 2 aromatic carbocycles. The second kappa shape index (κ2) is 10.5. The Balaban J connectivity index is 0.00000176. The van der Waals surface area contributed by atoms with Crippen molar-refractivity contribution in [2.24, 2.45) is 0 Å². The number of amides is 2. The molecule has 9 nitrogen and oxygen atoms in total. The lowest BCUT2D eigenvalue weighted by Gasteiger charge is -2.40. The molecule has 1 saturated heterocycles. The number of halogens is 1. The molecule has 4 rings (SSSR count). The van der Waals surface area contributed by atoms with Gasteiger partial charge in [0.1, 0.15) is 23.9 Å². The summed E-state index contributed by atoms with van der Waals surface area (Å²) in [6, 6.07) is 9.05. The van der Waals surface area contributed by atoms with Crippen LogP contribution in [0.2, 0.25) is 0 Å². The number of esters is 1. The van der Waals surface area contributed by atoms with E-state index in [1.54, 1.807) is 18.2 Å². The van der Waals surface area contributed by atoms with E-state index in [1.807, 2.05) is 13.8 Å². The smallest absolute Gasteiger partial charge is 0.308 e. The van der Waals surface area contributed by atoms with E-state index in [4.69, 9.17) is 14.2 Å². The number of benzene rings is 2. The number of nitrogens with zero attached hydrogens (tertiary/aromatic N) is 1. The third-order valence-corrected chi connectivity index (χ3v) is 5.83. The second-order valence-corrected chi connectivity index (χ2v) is 8.67. The normalized spacial score (nSPS) is 20.8. The monoisotopic (exact) mass is 502 g/mol. The first-order valence-corrected chi connectivity index (χ1v) is 11.7. The molecule has 2 aliphatic rings. The number of fused-ring (bicyclic) bond motifs is 1. The first kappa shape index (κ1) is 26.9. The molecule has 0 spiro atoms. The fourth-order valence-electron chi connectivity index (χ4n) is 4.06. The zero-order chi connectivity index (χ0) is 26.7. The molecule has 2 aromatic rings. The number of carbonyl (C=O) groups excluding carboxylic acids is 3. The van der Waals surface area contributed by atoms with Gasteiger partial charge < -0.3 is 24.6 Å². The van der Waals surface area contributed by atoms with Gasteiger partial charge in [-0.25, -0.2) is 4.39 Å². The van der Waals surface area contributed by atoms with Crippen LogP contribution in [-0.2, 0) is 27.5 Å². The van der Waals surface area contributed by atoms with E-state index < -0.39 is 35.1 Å². The van der Waals surface area contributed by atoms with Gasteiger partial charge in [-0.15, -0.1) is 0 Å². The Morgan fingerprint density at radius 1 is 1.17 bits per heavy atom. The lowest BCUT2D eigenvalue weighted by atomic mass is 10.0. The Bertz CT molecular complexity index is 1170. The molecule has 1 fully saturated rings. The quantitative estimate of drug-likeness (QED) is 0.603. The van der Waals surface area contributed by atoms with E-state index in [2.05, 4.69) is 5.32 Å². The number of rotatable bonds is 5. The average molecular weight is 503 g/mol. The van der Waals surface area contributed by atoms with Crippen LogP contribution < -0.4 is 14.8 Å². The van der Waals surface area contributed by atoms with Crippen LogP contribution in [0.15, 0.2) is 36.4 Å². The van der Waals surface area contributed by atoms with E-state index >= 15 is 0 Å². The van der Waals surface area contributed by atoms with Gasteiger partial charge in [0, 0.05) is 23.1 Å². The molecule has 2 amide bonds. The number of hydrogen-bond donors (Lipinski definition) is 2. The molecule has 2 N–H and O–H groups in total. The molecule has 0 saturated carbocycles. The minimum Gasteiger partial charge on any atom is -0.497 e. The number of hydrogen-bond acceptors (Lipinski definition) is 7. The number of methoxy groups -OCH3 is 1. The van der Waals surface area contributed by atoms with Gasteiger partial charge in [-0.1, -0.05) is 19.9 Å². The van der Waals surface area contributed by atoms with Crippen molar-refractivity contribution in [1.29, 1.82) is 0 Å². The van der Waals surface area contributed by atoms with Crippen molar-refractivity contribution >= 4 is 17.8 Å². The van der Waals surface area contributed by atoms with E-state index in [0.29, 0.717) is 17.1 Å². The van der Waals surface area contributed by atoms with E-state index in [1.165, 1.54) is 39.2 Å². The molecule has 2 aliphatic heterocycles. The fraction of sp³-hybridized carbons (Fsp3) is 0.423. The largest absolute Gasteiger partial charge is 0.497 e. The van der Waals surface area contributed by atoms with Crippen molar-refractivity contribution in [1.82, 2.24) is 10.2 Å². The van der Waals surface area contributed by atoms with Crippen molar-refractivity contribution in [2.75, 3.05) is 7.11 Å². The minimum absolute atomic E-state index is 0.127. The molecule has 2 heterocycles. The Labute approximate surface area is 209 Å². The Morgan fingerprint density at radius 3 is 2.58 bits per heavy atom. The summed E-state index contributed by atoms with van der Waals surface area (Å²) in [5.41, 5.74) is -2.68. The highest BCUT2D eigenvalue weighted by Crippen LogP contribution is 2.37. The molecule has 194 valence electrons. The molecule has 0 aliphatic carbocycles. The molecule has 1 unspecified atom stereocenters. The van der Waals surface area contributed by atoms with Crippen molar-refractivity contribution in [3.05, 3.63) is 58.9 Å². The Kier molecular flexibility index (Phi) is 7.88. The number of ether oxygens (including phenoxy) is 3. The van der Waals surface area contributed by atoms with Crippen molar-refractivity contribution in [2.45, 2.75) is 65.1 Å². The topological polar surface area (TPSA) is 114 Å². The molecule has 0 aromatic heterocycles. The van der Waals surface area contributed by atoms with Gasteiger partial charge in [0.05, 0.1) is 20.1 Å². The maximum atomic E-state index is 14.2. The minimum atomic E-state index is -2.27. The van der Waals surface area contributed by atoms with Crippen molar-refractivity contribution in [3.8, 4) is 11.5 Å². The summed E-state index contributed by atoms with van der Waals surface area (Å²) >= 11 is 0. The zero-order valence-electron chi connectivity index (χ0n) is 21.0. The van der Waals surface area contributed by atoms with Crippen molar-refractivity contribution in [3.63, 3.8) is 0 Å². The van der Waals surface area contributed by atoms with Crippen LogP contribution in [0, 0.1) is 5.82 Å². The highest BCUT2D eigenvalue weighted by atomic mass is 19.1. The Morgan fingerprint density at radius 2 is 1.89 bits per heavy atom. The van der Waals surface area contributed by atoms with Crippen LogP contribution in [0.4, 0.5) is 4.39 Å². The SMILES string of the molecule is CC.COc1ccc(F)c(COc2cccc3c2CN(C2(O)CCC(=O)OC(C)(C)NC2=O)C3=O)c1. The highest BCUT2D eigenvalue weighted by Gasteiger charge is 2.51. The standard InChI is InChI=1S/C24H25FN2O7.C2H6/c1-23(2)26-22(30)24(31,10-9-20(28)34-23)27-12-17-16(21(27)29)5-4-6-19(17)33-13-14-11-15(32-3)7-8-18(14)25;1-2/h4-8,11,31H,9-10,12-13H2,1-3H3,(H,26,30);1-2H3. The summed E-state index contributed by atoms with van der Waals surface area (Å²) in [5.74, 6) is -1.74. The Hall–Kier alpha value is -3.66. The molecule has 0 radical (unpaired) electrons. The van der Waals surface area contributed by atoms with Gasteiger partial charge in [-0.2, -0.15) is 0 Å². The molecule has 10 heteroatoms. The predicted octanol–water partition coefficient (Wildman–Crippen LogP) is 3.27. The molecule has 0 bridgehead atoms. The van der Waals surface area contributed by atoms with Crippen LogP contribution >= 0.6 is 0 Å². The van der Waals surface area contributed by atoms with E-state index in [9.17, 15) is 23.9 Å². The second-order valence-electron chi connectivity index (χ2n) is 8.67. The van der Waals surface area contributed by atoms with Crippen LogP contribution in [0.25, 0.3) is 0 Å². The van der Waals surface area contributed by atoms with Gasteiger partial charge in [0.15, 0.2) is 5.72 Å². The third-order valence-electron chi connectivity index (χ3n) is 5.83.